The number of hydrogen-bond acceptors (Lipinski definition) is 4. The van der Waals surface area contributed by atoms with Crippen LogP contribution in [0.15, 0.2) is 24.5 Å². The Kier molecular flexibility index (Phi) is 5.58. The van der Waals surface area contributed by atoms with Crippen molar-refractivity contribution in [1.29, 1.82) is 0 Å². The summed E-state index contributed by atoms with van der Waals surface area (Å²) in [6.07, 6.45) is 5.36. The van der Waals surface area contributed by atoms with Gasteiger partial charge in [0.15, 0.2) is 0 Å². The first kappa shape index (κ1) is 17.2. The molecule has 126 valence electrons. The van der Waals surface area contributed by atoms with Crippen molar-refractivity contribution in [2.45, 2.75) is 58.2 Å². The van der Waals surface area contributed by atoms with E-state index in [2.05, 4.69) is 10.3 Å². The average molecular weight is 319 g/mol. The predicted octanol–water partition coefficient (Wildman–Crippen LogP) is 2.49. The molecule has 0 spiro atoms. The van der Waals surface area contributed by atoms with Crippen molar-refractivity contribution in [3.05, 3.63) is 30.1 Å². The van der Waals surface area contributed by atoms with E-state index >= 15 is 0 Å². The van der Waals surface area contributed by atoms with Crippen molar-refractivity contribution in [1.82, 2.24) is 15.2 Å². The molecule has 1 aromatic heterocycles. The second-order valence-electron chi connectivity index (χ2n) is 6.79. The normalized spacial score (nSPS) is 14.2. The van der Waals surface area contributed by atoms with Gasteiger partial charge in [-0.2, -0.15) is 0 Å². The molecule has 6 heteroatoms. The number of pyridine rings is 1. The van der Waals surface area contributed by atoms with Crippen LogP contribution in [0, 0.1) is 0 Å². The van der Waals surface area contributed by atoms with Crippen LogP contribution in [0.4, 0.5) is 4.79 Å². The quantitative estimate of drug-likeness (QED) is 0.874. The minimum atomic E-state index is -0.532. The maximum absolute atomic E-state index is 12.4. The number of alkyl carbamates (subject to hydrolysis) is 1. The molecule has 23 heavy (non-hydrogen) atoms. The molecular weight excluding hydrogens is 294 g/mol. The maximum Gasteiger partial charge on any atom is 0.407 e. The highest BCUT2D eigenvalue weighted by Gasteiger charge is 2.32. The van der Waals surface area contributed by atoms with Gasteiger partial charge in [0, 0.05) is 37.9 Å². The molecule has 1 aliphatic rings. The van der Waals surface area contributed by atoms with Gasteiger partial charge in [-0.15, -0.1) is 0 Å². The average Bonchev–Trinajstić information content (AvgIpc) is 3.28. The number of amides is 2. The third kappa shape index (κ3) is 6.26. The predicted molar refractivity (Wildman–Crippen MR) is 86.7 cm³/mol. The summed E-state index contributed by atoms with van der Waals surface area (Å²) in [5.41, 5.74) is 0.538. The van der Waals surface area contributed by atoms with E-state index in [9.17, 15) is 9.59 Å². The molecular formula is C17H25N3O3. The van der Waals surface area contributed by atoms with Gasteiger partial charge in [0.25, 0.3) is 0 Å². The topological polar surface area (TPSA) is 71.5 Å². The summed E-state index contributed by atoms with van der Waals surface area (Å²) in [5, 5.41) is 2.63. The third-order valence-corrected chi connectivity index (χ3v) is 3.42. The van der Waals surface area contributed by atoms with Crippen molar-refractivity contribution in [3.8, 4) is 0 Å². The Hall–Kier alpha value is -2.11. The van der Waals surface area contributed by atoms with E-state index in [4.69, 9.17) is 4.74 Å². The van der Waals surface area contributed by atoms with E-state index in [1.165, 1.54) is 0 Å². The van der Waals surface area contributed by atoms with E-state index in [1.54, 1.807) is 33.2 Å². The Bertz CT molecular complexity index is 536. The molecule has 1 heterocycles. The highest BCUT2D eigenvalue weighted by molar-refractivity contribution is 5.78. The van der Waals surface area contributed by atoms with Gasteiger partial charge in [0.2, 0.25) is 5.91 Å². The fourth-order valence-corrected chi connectivity index (χ4v) is 2.22. The van der Waals surface area contributed by atoms with E-state index in [-0.39, 0.29) is 18.9 Å². The van der Waals surface area contributed by atoms with E-state index < -0.39 is 11.7 Å². The van der Waals surface area contributed by atoms with Gasteiger partial charge in [-0.05, 0) is 51.3 Å². The Balaban J connectivity index is 1.79. The first-order valence-electron chi connectivity index (χ1n) is 8.00. The van der Waals surface area contributed by atoms with Crippen LogP contribution in [-0.4, -0.2) is 40.1 Å². The summed E-state index contributed by atoms with van der Waals surface area (Å²) in [6.45, 7) is 6.30. The highest BCUT2D eigenvalue weighted by atomic mass is 16.6. The molecule has 1 aromatic rings. The number of aromatic nitrogens is 1. The molecule has 6 nitrogen and oxygen atoms in total. The second-order valence-corrected chi connectivity index (χ2v) is 6.79. The third-order valence-electron chi connectivity index (χ3n) is 3.42. The summed E-state index contributed by atoms with van der Waals surface area (Å²) in [5.74, 6) is 0.0559. The molecule has 0 aromatic carbocycles. The van der Waals surface area contributed by atoms with Crippen LogP contribution in [0.2, 0.25) is 0 Å². The Morgan fingerprint density at radius 3 is 2.52 bits per heavy atom. The number of carbonyl (C=O) groups is 2. The standard InChI is InChI=1S/C17H25N3O3/c1-17(2,3)23-16(22)19-11-8-15(21)20(14-4-5-14)12-13-6-9-18-10-7-13/h6-7,9-10,14H,4-5,8,11-12H2,1-3H3,(H,19,22). The van der Waals surface area contributed by atoms with Gasteiger partial charge in [0.1, 0.15) is 5.60 Å². The monoisotopic (exact) mass is 319 g/mol. The van der Waals surface area contributed by atoms with Crippen LogP contribution in [0.25, 0.3) is 0 Å². The number of hydrogen-bond donors (Lipinski definition) is 1. The maximum atomic E-state index is 12.4. The molecule has 1 N–H and O–H groups in total. The lowest BCUT2D eigenvalue weighted by atomic mass is 10.2. The van der Waals surface area contributed by atoms with Crippen LogP contribution in [0.3, 0.4) is 0 Å². The number of nitrogens with zero attached hydrogens (tertiary/aromatic N) is 2. The van der Waals surface area contributed by atoms with Crippen molar-refractivity contribution in [3.63, 3.8) is 0 Å². The Morgan fingerprint density at radius 1 is 1.30 bits per heavy atom. The second kappa shape index (κ2) is 7.44. The SMILES string of the molecule is CC(C)(C)OC(=O)NCCC(=O)N(Cc1ccncc1)C1CC1. The molecule has 0 bridgehead atoms. The zero-order valence-electron chi connectivity index (χ0n) is 14.0. The molecule has 0 radical (unpaired) electrons. The Morgan fingerprint density at radius 2 is 1.96 bits per heavy atom. The zero-order chi connectivity index (χ0) is 16.9. The Labute approximate surface area is 137 Å². The molecule has 1 aliphatic carbocycles. The lowest BCUT2D eigenvalue weighted by Crippen LogP contribution is -2.37. The molecule has 1 saturated carbocycles. The van der Waals surface area contributed by atoms with E-state index in [0.717, 1.165) is 18.4 Å². The van der Waals surface area contributed by atoms with E-state index in [1.807, 2.05) is 17.0 Å². The van der Waals surface area contributed by atoms with Crippen LogP contribution in [0.1, 0.15) is 45.6 Å². The van der Waals surface area contributed by atoms with Crippen molar-refractivity contribution in [2.24, 2.45) is 0 Å². The van der Waals surface area contributed by atoms with Crippen molar-refractivity contribution >= 4 is 12.0 Å². The number of nitrogens with one attached hydrogen (secondary N) is 1. The fourth-order valence-electron chi connectivity index (χ4n) is 2.22. The number of carbonyl (C=O) groups excluding carboxylic acids is 2. The number of rotatable bonds is 6. The number of ether oxygens (including phenoxy) is 1. The van der Waals surface area contributed by atoms with Crippen LogP contribution in [-0.2, 0) is 16.1 Å². The lowest BCUT2D eigenvalue weighted by Gasteiger charge is -2.23. The largest absolute Gasteiger partial charge is 0.444 e. The van der Waals surface area contributed by atoms with Crippen molar-refractivity contribution in [2.75, 3.05) is 6.54 Å². The molecule has 1 fully saturated rings. The smallest absolute Gasteiger partial charge is 0.407 e. The molecule has 0 saturated heterocycles. The van der Waals surface area contributed by atoms with Crippen LogP contribution in [0.5, 0.6) is 0 Å². The van der Waals surface area contributed by atoms with E-state index in [0.29, 0.717) is 12.6 Å². The fraction of sp³-hybridized carbons (Fsp3) is 0.588. The van der Waals surface area contributed by atoms with Gasteiger partial charge in [-0.1, -0.05) is 0 Å². The van der Waals surface area contributed by atoms with Gasteiger partial charge in [-0.3, -0.25) is 9.78 Å². The zero-order valence-corrected chi connectivity index (χ0v) is 14.0. The highest BCUT2D eigenvalue weighted by Crippen LogP contribution is 2.28. The van der Waals surface area contributed by atoms with Gasteiger partial charge in [-0.25, -0.2) is 4.79 Å². The molecule has 2 amide bonds. The minimum Gasteiger partial charge on any atom is -0.444 e. The van der Waals surface area contributed by atoms with Gasteiger partial charge in [0.05, 0.1) is 0 Å². The van der Waals surface area contributed by atoms with Crippen LogP contribution >= 0.6 is 0 Å². The summed E-state index contributed by atoms with van der Waals surface area (Å²) in [7, 11) is 0. The molecule has 0 aliphatic heterocycles. The minimum absolute atomic E-state index is 0.0559. The van der Waals surface area contributed by atoms with Gasteiger partial charge >= 0.3 is 6.09 Å². The molecule has 2 rings (SSSR count). The summed E-state index contributed by atoms with van der Waals surface area (Å²) in [4.78, 5) is 29.9. The first-order chi connectivity index (χ1) is 10.8. The summed E-state index contributed by atoms with van der Waals surface area (Å²) >= 11 is 0. The molecule has 0 atom stereocenters. The summed E-state index contributed by atoms with van der Waals surface area (Å²) in [6, 6.07) is 4.17. The molecule has 0 unspecified atom stereocenters. The van der Waals surface area contributed by atoms with Crippen LogP contribution < -0.4 is 5.32 Å². The summed E-state index contributed by atoms with van der Waals surface area (Å²) < 4.78 is 5.15. The first-order valence-corrected chi connectivity index (χ1v) is 8.00. The lowest BCUT2D eigenvalue weighted by molar-refractivity contribution is -0.132. The van der Waals surface area contributed by atoms with Gasteiger partial charge < -0.3 is 15.0 Å². The van der Waals surface area contributed by atoms with Crippen molar-refractivity contribution < 1.29 is 14.3 Å².